The number of aromatic nitrogens is 2. The summed E-state index contributed by atoms with van der Waals surface area (Å²) in [6.45, 7) is 6.27. The minimum atomic E-state index is -0.523. The molecule has 2 N–H and O–H groups in total. The van der Waals surface area contributed by atoms with Gasteiger partial charge in [0.05, 0.1) is 25.3 Å². The zero-order chi connectivity index (χ0) is 23.1. The number of nitrogens with zero attached hydrogens (tertiary/aromatic N) is 2. The van der Waals surface area contributed by atoms with Crippen LogP contribution in [0.15, 0.2) is 42.7 Å². The number of nitrogens with one attached hydrogen (secondary N) is 2. The van der Waals surface area contributed by atoms with Crippen LogP contribution in [0.2, 0.25) is 0 Å². The van der Waals surface area contributed by atoms with E-state index in [1.54, 1.807) is 27.0 Å². The first-order chi connectivity index (χ1) is 15.4. The lowest BCUT2D eigenvalue weighted by Gasteiger charge is -2.11. The number of carbonyl (C=O) groups is 2. The van der Waals surface area contributed by atoms with E-state index in [0.29, 0.717) is 22.0 Å². The number of carbonyl (C=O) groups excluding carboxylic acids is 2. The van der Waals surface area contributed by atoms with Crippen molar-refractivity contribution in [2.45, 2.75) is 27.3 Å². The number of hydrogen-bond acceptors (Lipinski definition) is 7. The van der Waals surface area contributed by atoms with Crippen molar-refractivity contribution in [1.29, 1.82) is 0 Å². The van der Waals surface area contributed by atoms with Gasteiger partial charge in [0.25, 0.3) is 0 Å². The molecule has 0 saturated carbocycles. The number of ether oxygens (including phenoxy) is 2. The van der Waals surface area contributed by atoms with E-state index in [9.17, 15) is 9.59 Å². The van der Waals surface area contributed by atoms with Crippen molar-refractivity contribution in [1.82, 2.24) is 9.78 Å². The Hall–Kier alpha value is -3.24. The summed E-state index contributed by atoms with van der Waals surface area (Å²) >= 11 is 6.53. The molecule has 0 amide bonds. The summed E-state index contributed by atoms with van der Waals surface area (Å²) in [7, 11) is 0. The number of benzene rings is 1. The van der Waals surface area contributed by atoms with Crippen LogP contribution in [0, 0.1) is 6.92 Å². The average Bonchev–Trinajstić information content (AvgIpc) is 3.37. The molecule has 1 aromatic carbocycles. The van der Waals surface area contributed by atoms with Gasteiger partial charge in [-0.3, -0.25) is 4.68 Å². The van der Waals surface area contributed by atoms with Crippen molar-refractivity contribution in [3.63, 3.8) is 0 Å². The summed E-state index contributed by atoms with van der Waals surface area (Å²) in [5.41, 5.74) is 2.65. The molecule has 0 unspecified atom stereocenters. The maximum Gasteiger partial charge on any atom is 0.348 e. The van der Waals surface area contributed by atoms with E-state index < -0.39 is 11.9 Å². The SMILES string of the molecule is CCOC(=O)c1sc(NC(=S)Nc2ccc(Cn3cccn3)cc2)c(C(=O)OCC)c1C. The number of esters is 2. The van der Waals surface area contributed by atoms with Crippen molar-refractivity contribution in [3.8, 4) is 0 Å². The Balaban J connectivity index is 1.73. The second-order valence-corrected chi connectivity index (χ2v) is 8.11. The van der Waals surface area contributed by atoms with Gasteiger partial charge in [-0.05, 0) is 62.3 Å². The van der Waals surface area contributed by atoms with Crippen molar-refractivity contribution in [2.24, 2.45) is 0 Å². The summed E-state index contributed by atoms with van der Waals surface area (Å²) in [5, 5.41) is 11.0. The Kier molecular flexibility index (Phi) is 7.96. The molecule has 0 bridgehead atoms. The Labute approximate surface area is 195 Å². The van der Waals surface area contributed by atoms with E-state index >= 15 is 0 Å². The molecule has 2 aromatic heterocycles. The van der Waals surface area contributed by atoms with Gasteiger partial charge in [0.2, 0.25) is 0 Å². The quantitative estimate of drug-likeness (QED) is 0.366. The fourth-order valence-electron chi connectivity index (χ4n) is 2.98. The van der Waals surface area contributed by atoms with Gasteiger partial charge in [0, 0.05) is 18.1 Å². The molecule has 10 heteroatoms. The molecule has 0 aliphatic carbocycles. The number of anilines is 2. The summed E-state index contributed by atoms with van der Waals surface area (Å²) in [6.07, 6.45) is 3.64. The molecule has 2 heterocycles. The molecule has 0 aliphatic rings. The van der Waals surface area contributed by atoms with Gasteiger partial charge < -0.3 is 20.1 Å². The normalized spacial score (nSPS) is 10.5. The third kappa shape index (κ3) is 5.71. The number of thiocarbonyl (C=S) groups is 1. The highest BCUT2D eigenvalue weighted by Gasteiger charge is 2.26. The third-order valence-corrected chi connectivity index (χ3v) is 5.82. The summed E-state index contributed by atoms with van der Waals surface area (Å²) < 4.78 is 12.1. The molecule has 32 heavy (non-hydrogen) atoms. The van der Waals surface area contributed by atoms with Gasteiger partial charge in [0.1, 0.15) is 9.88 Å². The van der Waals surface area contributed by atoms with Gasteiger partial charge in [-0.25, -0.2) is 9.59 Å². The summed E-state index contributed by atoms with van der Waals surface area (Å²) in [6, 6.07) is 9.64. The Bertz CT molecular complexity index is 1090. The number of hydrogen-bond donors (Lipinski definition) is 2. The lowest BCUT2D eigenvalue weighted by Crippen LogP contribution is -2.20. The highest BCUT2D eigenvalue weighted by atomic mass is 32.1. The molecule has 0 radical (unpaired) electrons. The predicted molar refractivity (Wildman–Crippen MR) is 129 cm³/mol. The Morgan fingerprint density at radius 3 is 2.41 bits per heavy atom. The van der Waals surface area contributed by atoms with Crippen LogP contribution in [-0.4, -0.2) is 40.0 Å². The van der Waals surface area contributed by atoms with Gasteiger partial charge in [-0.2, -0.15) is 5.10 Å². The largest absolute Gasteiger partial charge is 0.462 e. The van der Waals surface area contributed by atoms with Crippen LogP contribution in [0.3, 0.4) is 0 Å². The zero-order valence-electron chi connectivity index (χ0n) is 18.0. The number of thiophene rings is 1. The molecule has 0 atom stereocenters. The van der Waals surface area contributed by atoms with Crippen molar-refractivity contribution in [3.05, 3.63) is 64.3 Å². The fourth-order valence-corrected chi connectivity index (χ4v) is 4.36. The molecular weight excluding hydrogens is 448 g/mol. The monoisotopic (exact) mass is 472 g/mol. The highest BCUT2D eigenvalue weighted by molar-refractivity contribution is 7.80. The second-order valence-electron chi connectivity index (χ2n) is 6.68. The first-order valence-corrected chi connectivity index (χ1v) is 11.3. The predicted octanol–water partition coefficient (Wildman–Crippen LogP) is 4.46. The third-order valence-electron chi connectivity index (χ3n) is 4.43. The summed E-state index contributed by atoms with van der Waals surface area (Å²) in [5.74, 6) is -1.01. The van der Waals surface area contributed by atoms with Crippen LogP contribution < -0.4 is 10.6 Å². The highest BCUT2D eigenvalue weighted by Crippen LogP contribution is 2.34. The zero-order valence-corrected chi connectivity index (χ0v) is 19.6. The van der Waals surface area contributed by atoms with E-state index in [-0.39, 0.29) is 23.9 Å². The first kappa shape index (κ1) is 23.4. The van der Waals surface area contributed by atoms with E-state index in [1.807, 2.05) is 41.2 Å². The van der Waals surface area contributed by atoms with Gasteiger partial charge in [-0.1, -0.05) is 12.1 Å². The van der Waals surface area contributed by atoms with Crippen molar-refractivity contribution in [2.75, 3.05) is 23.8 Å². The second kappa shape index (κ2) is 10.9. The maximum absolute atomic E-state index is 12.5. The fraction of sp³-hybridized carbons (Fsp3) is 0.273. The molecule has 3 aromatic rings. The standard InChI is InChI=1S/C22H24N4O4S2/c1-4-29-20(27)17-14(3)18(21(28)30-5-2)32-19(17)25-22(31)24-16-9-7-15(8-10-16)13-26-12-6-11-23-26/h6-12H,4-5,13H2,1-3H3,(H2,24,25,31). The lowest BCUT2D eigenvalue weighted by molar-refractivity contribution is 0.0527. The molecular formula is C22H24N4O4S2. The average molecular weight is 473 g/mol. The first-order valence-electron chi connectivity index (χ1n) is 10.0. The lowest BCUT2D eigenvalue weighted by atomic mass is 10.1. The smallest absolute Gasteiger partial charge is 0.348 e. The molecule has 8 nitrogen and oxygen atoms in total. The maximum atomic E-state index is 12.5. The Morgan fingerprint density at radius 2 is 1.78 bits per heavy atom. The molecule has 0 aliphatic heterocycles. The van der Waals surface area contributed by atoms with E-state index in [0.717, 1.165) is 22.6 Å². The van der Waals surface area contributed by atoms with Crippen LogP contribution in [0.1, 0.15) is 45.0 Å². The van der Waals surface area contributed by atoms with Crippen LogP contribution in [0.25, 0.3) is 0 Å². The number of rotatable bonds is 8. The molecule has 0 saturated heterocycles. The van der Waals surface area contributed by atoms with Crippen molar-refractivity contribution < 1.29 is 19.1 Å². The Morgan fingerprint density at radius 1 is 1.09 bits per heavy atom. The van der Waals surface area contributed by atoms with Crippen LogP contribution in [-0.2, 0) is 16.0 Å². The van der Waals surface area contributed by atoms with Gasteiger partial charge in [0.15, 0.2) is 5.11 Å². The van der Waals surface area contributed by atoms with Crippen LogP contribution in [0.5, 0.6) is 0 Å². The molecule has 0 fully saturated rings. The van der Waals surface area contributed by atoms with E-state index in [1.165, 1.54) is 0 Å². The van der Waals surface area contributed by atoms with Crippen LogP contribution >= 0.6 is 23.6 Å². The minimum Gasteiger partial charge on any atom is -0.462 e. The topological polar surface area (TPSA) is 94.5 Å². The molecule has 3 rings (SSSR count). The van der Waals surface area contributed by atoms with Gasteiger partial charge in [-0.15, -0.1) is 11.3 Å². The van der Waals surface area contributed by atoms with Gasteiger partial charge >= 0.3 is 11.9 Å². The van der Waals surface area contributed by atoms with E-state index in [4.69, 9.17) is 21.7 Å². The van der Waals surface area contributed by atoms with Crippen LogP contribution in [0.4, 0.5) is 10.7 Å². The van der Waals surface area contributed by atoms with E-state index in [2.05, 4.69) is 15.7 Å². The summed E-state index contributed by atoms with van der Waals surface area (Å²) in [4.78, 5) is 25.1. The molecule has 168 valence electrons. The van der Waals surface area contributed by atoms with Crippen molar-refractivity contribution >= 4 is 51.3 Å². The molecule has 0 spiro atoms. The minimum absolute atomic E-state index is 0.218.